The smallest absolute Gasteiger partial charge is 0.192 e. The van der Waals surface area contributed by atoms with Crippen LogP contribution in [0.25, 0.3) is 10.6 Å². The number of hydrogen-bond donors (Lipinski definition) is 2. The van der Waals surface area contributed by atoms with Gasteiger partial charge in [0.15, 0.2) is 16.7 Å². The van der Waals surface area contributed by atoms with E-state index in [2.05, 4.69) is 23.8 Å². The third-order valence-electron chi connectivity index (χ3n) is 4.94. The molecule has 0 saturated carbocycles. The van der Waals surface area contributed by atoms with Gasteiger partial charge in [-0.3, -0.25) is 0 Å². The predicted molar refractivity (Wildman–Crippen MR) is 143 cm³/mol. The first-order chi connectivity index (χ1) is 17.4. The number of thiazole rings is 1. The van der Waals surface area contributed by atoms with Gasteiger partial charge in [-0.1, -0.05) is 11.8 Å². The molecule has 1 aromatic carbocycles. The Hall–Kier alpha value is -2.64. The van der Waals surface area contributed by atoms with Gasteiger partial charge >= 0.3 is 0 Å². The minimum Gasteiger partial charge on any atom is -0.493 e. The van der Waals surface area contributed by atoms with Crippen LogP contribution in [0.1, 0.15) is 22.7 Å². The Morgan fingerprint density at radius 1 is 0.889 bits per heavy atom. The standard InChI is InChI=1S/C24H33N5O5S2/c1-15-22(16(2)36-24-27-20(25)14-21(26)28-24)29-23(35-15)17-5-6-18(19(13-17)31-4)34-12-11-33-10-9-32-8-7-30-3/h5-6,13-14,16H,7-12H2,1-4H3,(H4,25,26,27,28)/t16-/m1/s1. The van der Waals surface area contributed by atoms with Crippen molar-refractivity contribution in [2.45, 2.75) is 24.3 Å². The van der Waals surface area contributed by atoms with E-state index in [-0.39, 0.29) is 5.25 Å². The van der Waals surface area contributed by atoms with Gasteiger partial charge in [-0.2, -0.15) is 0 Å². The van der Waals surface area contributed by atoms with E-state index in [1.807, 2.05) is 18.2 Å². The summed E-state index contributed by atoms with van der Waals surface area (Å²) in [5.41, 5.74) is 13.5. The lowest BCUT2D eigenvalue weighted by atomic mass is 10.2. The van der Waals surface area contributed by atoms with Crippen LogP contribution in [-0.4, -0.2) is 68.8 Å². The highest BCUT2D eigenvalue weighted by Gasteiger charge is 2.19. The predicted octanol–water partition coefficient (Wildman–Crippen LogP) is 3.99. The second kappa shape index (κ2) is 14.2. The number of thioether (sulfide) groups is 1. The Bertz CT molecular complexity index is 1090. The van der Waals surface area contributed by atoms with Gasteiger partial charge in [-0.05, 0) is 32.0 Å². The van der Waals surface area contributed by atoms with Gasteiger partial charge in [0.05, 0.1) is 51.1 Å². The van der Waals surface area contributed by atoms with Gasteiger partial charge in [-0.25, -0.2) is 15.0 Å². The van der Waals surface area contributed by atoms with E-state index in [0.29, 0.717) is 67.9 Å². The zero-order valence-electron chi connectivity index (χ0n) is 21.0. The van der Waals surface area contributed by atoms with Crippen molar-refractivity contribution in [2.24, 2.45) is 0 Å². The largest absolute Gasteiger partial charge is 0.493 e. The van der Waals surface area contributed by atoms with Gasteiger partial charge < -0.3 is 35.2 Å². The van der Waals surface area contributed by atoms with Crippen molar-refractivity contribution in [2.75, 3.05) is 65.3 Å². The van der Waals surface area contributed by atoms with E-state index in [0.717, 1.165) is 21.1 Å². The molecule has 3 rings (SSSR count). The number of aryl methyl sites for hydroxylation is 1. The van der Waals surface area contributed by atoms with Crippen molar-refractivity contribution in [3.8, 4) is 22.1 Å². The Morgan fingerprint density at radius 2 is 1.56 bits per heavy atom. The fourth-order valence-electron chi connectivity index (χ4n) is 3.23. The van der Waals surface area contributed by atoms with Crippen LogP contribution in [0.4, 0.5) is 11.6 Å². The molecule has 36 heavy (non-hydrogen) atoms. The summed E-state index contributed by atoms with van der Waals surface area (Å²) in [7, 11) is 3.26. The van der Waals surface area contributed by atoms with E-state index >= 15 is 0 Å². The Morgan fingerprint density at radius 3 is 2.22 bits per heavy atom. The molecule has 4 N–H and O–H groups in total. The van der Waals surface area contributed by atoms with Gasteiger partial charge in [0.1, 0.15) is 23.3 Å². The molecule has 0 aliphatic heterocycles. The van der Waals surface area contributed by atoms with Crippen LogP contribution in [0, 0.1) is 6.92 Å². The summed E-state index contributed by atoms with van der Waals surface area (Å²) in [4.78, 5) is 14.5. The zero-order chi connectivity index (χ0) is 25.9. The highest BCUT2D eigenvalue weighted by molar-refractivity contribution is 7.99. The van der Waals surface area contributed by atoms with Crippen LogP contribution >= 0.6 is 23.1 Å². The lowest BCUT2D eigenvalue weighted by Crippen LogP contribution is -2.12. The van der Waals surface area contributed by atoms with Gasteiger partial charge in [0, 0.05) is 23.6 Å². The Balaban J connectivity index is 1.58. The van der Waals surface area contributed by atoms with Crippen LogP contribution in [-0.2, 0) is 14.2 Å². The first-order valence-corrected chi connectivity index (χ1v) is 13.1. The molecule has 196 valence electrons. The summed E-state index contributed by atoms with van der Waals surface area (Å²) in [5, 5.41) is 1.44. The first-order valence-electron chi connectivity index (χ1n) is 11.4. The van der Waals surface area contributed by atoms with Crippen molar-refractivity contribution in [1.82, 2.24) is 15.0 Å². The van der Waals surface area contributed by atoms with Crippen molar-refractivity contribution in [3.63, 3.8) is 0 Å². The third-order valence-corrected chi connectivity index (χ3v) is 6.95. The molecule has 1 atom stereocenters. The summed E-state index contributed by atoms with van der Waals surface area (Å²) >= 11 is 3.09. The SMILES string of the molecule is COCCOCCOCCOc1ccc(-c2nc([C@@H](C)Sc3nc(N)cc(N)n3)c(C)s2)cc1OC. The second-order valence-electron chi connectivity index (χ2n) is 7.65. The monoisotopic (exact) mass is 535 g/mol. The first kappa shape index (κ1) is 27.9. The summed E-state index contributed by atoms with van der Waals surface area (Å²) in [6.07, 6.45) is 0. The van der Waals surface area contributed by atoms with Gasteiger partial charge in [-0.15, -0.1) is 11.3 Å². The average molecular weight is 536 g/mol. The molecular formula is C24H33N5O5S2. The number of benzene rings is 1. The molecule has 10 nitrogen and oxygen atoms in total. The topological polar surface area (TPSA) is 137 Å². The number of rotatable bonds is 15. The van der Waals surface area contributed by atoms with Crippen molar-refractivity contribution < 1.29 is 23.7 Å². The Labute approximate surface area is 219 Å². The molecule has 0 saturated heterocycles. The van der Waals surface area contributed by atoms with Crippen LogP contribution in [0.3, 0.4) is 0 Å². The summed E-state index contributed by atoms with van der Waals surface area (Å²) in [6, 6.07) is 7.33. The van der Waals surface area contributed by atoms with E-state index < -0.39 is 0 Å². The van der Waals surface area contributed by atoms with Crippen LogP contribution in [0.15, 0.2) is 29.4 Å². The number of nitrogens with zero attached hydrogens (tertiary/aromatic N) is 3. The molecule has 0 fully saturated rings. The molecular weight excluding hydrogens is 502 g/mol. The van der Waals surface area contributed by atoms with E-state index in [1.54, 1.807) is 25.6 Å². The minimum atomic E-state index is 0.0195. The number of aromatic nitrogens is 3. The number of methoxy groups -OCH3 is 2. The maximum atomic E-state index is 5.85. The normalized spacial score (nSPS) is 12.0. The fraction of sp³-hybridized carbons (Fsp3) is 0.458. The van der Waals surface area contributed by atoms with Gasteiger partial charge in [0.25, 0.3) is 0 Å². The van der Waals surface area contributed by atoms with Crippen molar-refractivity contribution in [1.29, 1.82) is 0 Å². The molecule has 0 amide bonds. The van der Waals surface area contributed by atoms with E-state index in [9.17, 15) is 0 Å². The van der Waals surface area contributed by atoms with Crippen LogP contribution in [0.2, 0.25) is 0 Å². The molecule has 0 unspecified atom stereocenters. The maximum Gasteiger partial charge on any atom is 0.192 e. The van der Waals surface area contributed by atoms with Gasteiger partial charge in [0.2, 0.25) is 0 Å². The highest BCUT2D eigenvalue weighted by atomic mass is 32.2. The van der Waals surface area contributed by atoms with Crippen LogP contribution in [0.5, 0.6) is 11.5 Å². The summed E-state index contributed by atoms with van der Waals surface area (Å²) in [5.74, 6) is 1.98. The van der Waals surface area contributed by atoms with Crippen LogP contribution < -0.4 is 20.9 Å². The summed E-state index contributed by atoms with van der Waals surface area (Å²) in [6.45, 7) is 7.13. The lowest BCUT2D eigenvalue weighted by Gasteiger charge is -2.12. The highest BCUT2D eigenvalue weighted by Crippen LogP contribution is 2.40. The minimum absolute atomic E-state index is 0.0195. The van der Waals surface area contributed by atoms with E-state index in [4.69, 9.17) is 40.1 Å². The second-order valence-corrected chi connectivity index (χ2v) is 10.2. The molecule has 0 spiro atoms. The lowest BCUT2D eigenvalue weighted by molar-refractivity contribution is 0.0178. The fourth-order valence-corrected chi connectivity index (χ4v) is 5.29. The number of ether oxygens (including phenoxy) is 5. The molecule has 0 aliphatic rings. The summed E-state index contributed by atoms with van der Waals surface area (Å²) < 4.78 is 27.2. The van der Waals surface area contributed by atoms with Crippen molar-refractivity contribution in [3.05, 3.63) is 34.8 Å². The molecule has 0 radical (unpaired) electrons. The van der Waals surface area contributed by atoms with E-state index in [1.165, 1.54) is 17.8 Å². The molecule has 0 aliphatic carbocycles. The quantitative estimate of drug-likeness (QED) is 0.166. The molecule has 12 heteroatoms. The number of hydrogen-bond acceptors (Lipinski definition) is 12. The molecule has 3 aromatic rings. The number of nitrogens with two attached hydrogens (primary N) is 2. The molecule has 0 bridgehead atoms. The number of anilines is 2. The third kappa shape index (κ3) is 8.20. The Kier molecular flexibility index (Phi) is 11.0. The maximum absolute atomic E-state index is 5.85. The molecule has 2 aromatic heterocycles. The van der Waals surface area contributed by atoms with Crippen molar-refractivity contribution >= 4 is 34.7 Å². The zero-order valence-corrected chi connectivity index (χ0v) is 22.6. The molecule has 2 heterocycles. The number of nitrogen functional groups attached to an aromatic ring is 2. The average Bonchev–Trinajstić information content (AvgIpc) is 3.24.